The molecule has 1 fully saturated rings. The summed E-state index contributed by atoms with van der Waals surface area (Å²) in [5.41, 5.74) is 0.176. The van der Waals surface area contributed by atoms with Gasteiger partial charge in [-0.25, -0.2) is 13.2 Å². The first kappa shape index (κ1) is 22.0. The molecular formula is C19H27NO7S. The molecule has 1 atom stereocenters. The second-order valence-corrected chi connectivity index (χ2v) is 9.37. The van der Waals surface area contributed by atoms with E-state index in [1.807, 2.05) is 13.8 Å². The van der Waals surface area contributed by atoms with Gasteiger partial charge in [0.05, 0.1) is 25.7 Å². The summed E-state index contributed by atoms with van der Waals surface area (Å²) in [7, 11) is -0.213. The van der Waals surface area contributed by atoms with Gasteiger partial charge in [0, 0.05) is 18.7 Å². The number of hydrogen-bond donors (Lipinski definition) is 0. The number of amides is 1. The number of benzene rings is 1. The predicted octanol–water partition coefficient (Wildman–Crippen LogP) is 1.53. The Balaban J connectivity index is 2.06. The van der Waals surface area contributed by atoms with Crippen molar-refractivity contribution in [3.63, 3.8) is 0 Å². The van der Waals surface area contributed by atoms with Crippen molar-refractivity contribution in [2.75, 3.05) is 38.9 Å². The van der Waals surface area contributed by atoms with E-state index in [2.05, 4.69) is 0 Å². The first-order chi connectivity index (χ1) is 13.2. The van der Waals surface area contributed by atoms with Gasteiger partial charge in [-0.15, -0.1) is 0 Å². The minimum Gasteiger partial charge on any atom is -0.497 e. The topological polar surface area (TPSA) is 99.2 Å². The maximum Gasteiger partial charge on any atom is 0.342 e. The first-order valence-corrected chi connectivity index (χ1v) is 10.9. The standard InChI is InChI=1S/C19H27NO7S/c1-13(2)10-20(14-7-8-28(23,24)12-14)18(21)11-27-19(22)16-6-5-15(25-3)9-17(16)26-4/h5-6,9,13-14H,7-8,10-12H2,1-4H3/t14-/m1/s1. The summed E-state index contributed by atoms with van der Waals surface area (Å²) in [4.78, 5) is 26.6. The van der Waals surface area contributed by atoms with E-state index >= 15 is 0 Å². The molecule has 8 nitrogen and oxygen atoms in total. The minimum absolute atomic E-state index is 0.0499. The molecule has 2 rings (SSSR count). The molecule has 28 heavy (non-hydrogen) atoms. The molecular weight excluding hydrogens is 386 g/mol. The Labute approximate surface area is 165 Å². The monoisotopic (exact) mass is 413 g/mol. The Hall–Kier alpha value is -2.29. The molecule has 1 saturated heterocycles. The smallest absolute Gasteiger partial charge is 0.342 e. The fourth-order valence-corrected chi connectivity index (χ4v) is 4.85. The van der Waals surface area contributed by atoms with Crippen LogP contribution in [0.3, 0.4) is 0 Å². The molecule has 1 heterocycles. The van der Waals surface area contributed by atoms with Gasteiger partial charge in [-0.3, -0.25) is 4.79 Å². The Bertz CT molecular complexity index is 820. The Kier molecular flexibility index (Phi) is 7.29. The minimum atomic E-state index is -3.13. The molecule has 1 aromatic carbocycles. The molecule has 156 valence electrons. The van der Waals surface area contributed by atoms with Crippen molar-refractivity contribution in [3.8, 4) is 11.5 Å². The second kappa shape index (κ2) is 9.27. The summed E-state index contributed by atoms with van der Waals surface area (Å²) < 4.78 is 39.0. The van der Waals surface area contributed by atoms with E-state index in [0.29, 0.717) is 18.7 Å². The van der Waals surface area contributed by atoms with Crippen LogP contribution >= 0.6 is 0 Å². The maximum absolute atomic E-state index is 12.7. The SMILES string of the molecule is COc1ccc(C(=O)OCC(=O)N(CC(C)C)[C@@H]2CCS(=O)(=O)C2)c(OC)c1. The number of methoxy groups -OCH3 is 2. The van der Waals surface area contributed by atoms with E-state index in [4.69, 9.17) is 14.2 Å². The first-order valence-electron chi connectivity index (χ1n) is 9.06. The van der Waals surface area contributed by atoms with Crippen LogP contribution in [0.5, 0.6) is 11.5 Å². The third kappa shape index (κ3) is 5.60. The van der Waals surface area contributed by atoms with Crippen LogP contribution in [0.2, 0.25) is 0 Å². The van der Waals surface area contributed by atoms with E-state index in [1.54, 1.807) is 12.1 Å². The average molecular weight is 413 g/mol. The fourth-order valence-electron chi connectivity index (χ4n) is 3.12. The van der Waals surface area contributed by atoms with Crippen LogP contribution < -0.4 is 9.47 Å². The van der Waals surface area contributed by atoms with Crippen molar-refractivity contribution in [2.24, 2.45) is 5.92 Å². The van der Waals surface area contributed by atoms with Gasteiger partial charge in [-0.1, -0.05) is 13.8 Å². The predicted molar refractivity (Wildman–Crippen MR) is 103 cm³/mol. The van der Waals surface area contributed by atoms with Gasteiger partial charge in [0.15, 0.2) is 16.4 Å². The van der Waals surface area contributed by atoms with Crippen molar-refractivity contribution in [1.82, 2.24) is 4.90 Å². The van der Waals surface area contributed by atoms with Gasteiger partial charge in [0.1, 0.15) is 17.1 Å². The normalized spacial score (nSPS) is 18.0. The highest BCUT2D eigenvalue weighted by molar-refractivity contribution is 7.91. The molecule has 0 saturated carbocycles. The Morgan fingerprint density at radius 3 is 2.46 bits per heavy atom. The summed E-state index contributed by atoms with van der Waals surface area (Å²) >= 11 is 0. The van der Waals surface area contributed by atoms with E-state index in [1.165, 1.54) is 25.2 Å². The van der Waals surface area contributed by atoms with Crippen molar-refractivity contribution in [1.29, 1.82) is 0 Å². The molecule has 0 bridgehead atoms. The van der Waals surface area contributed by atoms with Gasteiger partial charge in [0.2, 0.25) is 0 Å². The zero-order valence-corrected chi connectivity index (χ0v) is 17.5. The fraction of sp³-hybridized carbons (Fsp3) is 0.579. The molecule has 9 heteroatoms. The van der Waals surface area contributed by atoms with Crippen molar-refractivity contribution in [3.05, 3.63) is 23.8 Å². The summed E-state index contributed by atoms with van der Waals surface area (Å²) in [6.07, 6.45) is 0.404. The van der Waals surface area contributed by atoms with Gasteiger partial charge in [-0.05, 0) is 24.5 Å². The average Bonchev–Trinajstić information content (AvgIpc) is 3.02. The highest BCUT2D eigenvalue weighted by Gasteiger charge is 2.35. The van der Waals surface area contributed by atoms with Crippen LogP contribution in [0.1, 0.15) is 30.6 Å². The molecule has 0 N–H and O–H groups in total. The molecule has 0 spiro atoms. The molecule has 0 aliphatic carbocycles. The lowest BCUT2D eigenvalue weighted by Gasteiger charge is -2.29. The van der Waals surface area contributed by atoms with Gasteiger partial charge in [-0.2, -0.15) is 0 Å². The molecule has 1 aromatic rings. The molecule has 1 aliphatic heterocycles. The number of esters is 1. The zero-order valence-electron chi connectivity index (χ0n) is 16.6. The maximum atomic E-state index is 12.7. The van der Waals surface area contributed by atoms with Crippen molar-refractivity contribution >= 4 is 21.7 Å². The number of carbonyl (C=O) groups is 2. The highest BCUT2D eigenvalue weighted by atomic mass is 32.2. The van der Waals surface area contributed by atoms with E-state index < -0.39 is 28.3 Å². The molecule has 1 aliphatic rings. The van der Waals surface area contributed by atoms with Crippen LogP contribution in [0.15, 0.2) is 18.2 Å². The number of carbonyl (C=O) groups excluding carboxylic acids is 2. The lowest BCUT2D eigenvalue weighted by atomic mass is 10.1. The van der Waals surface area contributed by atoms with Crippen LogP contribution in [0.4, 0.5) is 0 Å². The highest BCUT2D eigenvalue weighted by Crippen LogP contribution is 2.25. The molecule has 0 aromatic heterocycles. The van der Waals surface area contributed by atoms with Crippen LogP contribution in [0.25, 0.3) is 0 Å². The lowest BCUT2D eigenvalue weighted by molar-refractivity contribution is -0.137. The van der Waals surface area contributed by atoms with E-state index in [0.717, 1.165) is 0 Å². The molecule has 0 radical (unpaired) electrons. The van der Waals surface area contributed by atoms with Gasteiger partial charge in [0.25, 0.3) is 5.91 Å². The Morgan fingerprint density at radius 2 is 1.93 bits per heavy atom. The number of nitrogens with zero attached hydrogens (tertiary/aromatic N) is 1. The number of rotatable bonds is 8. The summed E-state index contributed by atoms with van der Waals surface area (Å²) in [5, 5.41) is 0. The summed E-state index contributed by atoms with van der Waals surface area (Å²) in [5.74, 6) is -0.126. The van der Waals surface area contributed by atoms with Crippen molar-refractivity contribution < 1.29 is 32.2 Å². The van der Waals surface area contributed by atoms with Crippen LogP contribution in [0, 0.1) is 5.92 Å². The lowest BCUT2D eigenvalue weighted by Crippen LogP contribution is -2.45. The summed E-state index contributed by atoms with van der Waals surface area (Å²) in [6.45, 7) is 3.83. The van der Waals surface area contributed by atoms with E-state index in [-0.39, 0.29) is 34.8 Å². The zero-order chi connectivity index (χ0) is 20.9. The quantitative estimate of drug-likeness (QED) is 0.596. The number of hydrogen-bond acceptors (Lipinski definition) is 7. The Morgan fingerprint density at radius 1 is 1.21 bits per heavy atom. The number of ether oxygens (including phenoxy) is 3. The van der Waals surface area contributed by atoms with Crippen molar-refractivity contribution in [2.45, 2.75) is 26.3 Å². The largest absolute Gasteiger partial charge is 0.497 e. The number of sulfone groups is 1. The molecule has 0 unspecified atom stereocenters. The summed E-state index contributed by atoms with van der Waals surface area (Å²) in [6, 6.07) is 4.26. The third-order valence-corrected chi connectivity index (χ3v) is 6.24. The molecule has 1 amide bonds. The third-order valence-electron chi connectivity index (χ3n) is 4.49. The van der Waals surface area contributed by atoms with E-state index in [9.17, 15) is 18.0 Å². The van der Waals surface area contributed by atoms with Gasteiger partial charge >= 0.3 is 5.97 Å². The van der Waals surface area contributed by atoms with Gasteiger partial charge < -0.3 is 19.1 Å². The van der Waals surface area contributed by atoms with Crippen LogP contribution in [-0.4, -0.2) is 70.1 Å². The van der Waals surface area contributed by atoms with Crippen LogP contribution in [-0.2, 0) is 19.4 Å². The second-order valence-electron chi connectivity index (χ2n) is 7.14.